The summed E-state index contributed by atoms with van der Waals surface area (Å²) in [5.74, 6) is 0. The molecule has 0 unspecified atom stereocenters. The Kier molecular flexibility index (Phi) is 13.1. The lowest BCUT2D eigenvalue weighted by Crippen LogP contribution is -1.87. The number of fused-ring (bicyclic) bond motifs is 3. The Morgan fingerprint density at radius 3 is 1.62 bits per heavy atom. The van der Waals surface area contributed by atoms with E-state index in [1.807, 2.05) is 139 Å². The van der Waals surface area contributed by atoms with E-state index in [1.54, 1.807) is 23.4 Å². The van der Waals surface area contributed by atoms with E-state index in [0.29, 0.717) is 0 Å². The Morgan fingerprint density at radius 1 is 0.458 bits per heavy atom. The monoisotopic (exact) mass is 640 g/mol. The zero-order valence-corrected chi connectivity index (χ0v) is 28.5. The van der Waals surface area contributed by atoms with Crippen LogP contribution in [0.1, 0.15) is 0 Å². The maximum absolute atomic E-state index is 4.18. The molecule has 0 aliphatic rings. The van der Waals surface area contributed by atoms with Gasteiger partial charge in [-0.05, 0) is 53.9 Å². The lowest BCUT2D eigenvalue weighted by molar-refractivity contribution is 0.768. The van der Waals surface area contributed by atoms with Gasteiger partial charge in [0.25, 0.3) is 0 Å². The molecule has 0 fully saturated rings. The predicted molar refractivity (Wildman–Crippen MR) is 196 cm³/mol. The summed E-state index contributed by atoms with van der Waals surface area (Å²) < 4.78 is 11.6. The van der Waals surface area contributed by atoms with Crippen LogP contribution >= 0.6 is 0 Å². The van der Waals surface area contributed by atoms with Crippen molar-refractivity contribution in [1.29, 1.82) is 0 Å². The molecule has 0 radical (unpaired) electrons. The number of hydrogen-bond acceptors (Lipinski definition) is 4. The number of rotatable bonds is 0. The number of imidazole rings is 2. The highest BCUT2D eigenvalue weighted by atomic mass is 15.2. The Balaban J connectivity index is 0.000000132. The topological polar surface area (TPSA) is 81.1 Å². The molecule has 0 saturated carbocycles. The van der Waals surface area contributed by atoms with Gasteiger partial charge in [0, 0.05) is 96.6 Å². The first kappa shape index (κ1) is 34.7. The zero-order chi connectivity index (χ0) is 34.1. The van der Waals surface area contributed by atoms with Gasteiger partial charge in [-0.25, -0.2) is 9.97 Å². The van der Waals surface area contributed by atoms with E-state index in [2.05, 4.69) is 86.5 Å². The van der Waals surface area contributed by atoms with E-state index in [9.17, 15) is 0 Å². The van der Waals surface area contributed by atoms with Crippen molar-refractivity contribution in [3.05, 3.63) is 159 Å². The molecule has 0 saturated heterocycles. The third-order valence-electron chi connectivity index (χ3n) is 7.11. The molecule has 0 amide bonds. The molecule has 0 spiro atoms. The van der Waals surface area contributed by atoms with Crippen LogP contribution in [0.2, 0.25) is 0 Å². The largest absolute Gasteiger partial charge is 0.357 e. The van der Waals surface area contributed by atoms with Crippen molar-refractivity contribution in [3.8, 4) is 0 Å². The number of hydrogen-bond donors (Lipinski definition) is 0. The molecule has 10 nitrogen and oxygen atoms in total. The van der Waals surface area contributed by atoms with Gasteiger partial charge in [0.1, 0.15) is 0 Å². The van der Waals surface area contributed by atoms with E-state index in [1.165, 1.54) is 27.3 Å². The summed E-state index contributed by atoms with van der Waals surface area (Å²) in [4.78, 5) is 7.97. The van der Waals surface area contributed by atoms with E-state index in [-0.39, 0.29) is 0 Å². The second-order valence-electron chi connectivity index (χ2n) is 10.9. The maximum Gasteiger partial charge on any atom is 0.0955 e. The van der Waals surface area contributed by atoms with Crippen molar-refractivity contribution in [2.24, 2.45) is 42.3 Å². The second kappa shape index (κ2) is 18.1. The minimum atomic E-state index is 1.06. The van der Waals surface area contributed by atoms with Gasteiger partial charge in [0.05, 0.1) is 35.4 Å². The minimum absolute atomic E-state index is 1.06. The van der Waals surface area contributed by atoms with E-state index in [0.717, 1.165) is 5.52 Å². The summed E-state index contributed by atoms with van der Waals surface area (Å²) in [5, 5.41) is 10.5. The molecular weight excluding hydrogens is 596 g/mol. The minimum Gasteiger partial charge on any atom is -0.357 e. The van der Waals surface area contributed by atoms with Crippen LogP contribution in [0.5, 0.6) is 0 Å². The Morgan fingerprint density at radius 2 is 1.12 bits per heavy atom. The third kappa shape index (κ3) is 10.7. The summed E-state index contributed by atoms with van der Waals surface area (Å²) in [7, 11) is 11.8. The lowest BCUT2D eigenvalue weighted by atomic mass is 10.2. The Labute approximate surface area is 281 Å². The molecule has 0 atom stereocenters. The Hall–Kier alpha value is -6.16. The molecule has 6 aromatic heterocycles. The van der Waals surface area contributed by atoms with Crippen molar-refractivity contribution in [3.63, 3.8) is 0 Å². The van der Waals surface area contributed by atoms with Crippen LogP contribution in [0, 0.1) is 0 Å². The SMILES string of the molecule is Cn1ccc2ccccc21.Cn1cccc1.Cn1cccn1.Cn1ccnc1.Cn1cnc2ccccc21.Cn1ncc2ccccc21. The molecule has 9 rings (SSSR count). The van der Waals surface area contributed by atoms with Crippen molar-refractivity contribution < 1.29 is 0 Å². The molecule has 0 aliphatic carbocycles. The van der Waals surface area contributed by atoms with Crippen LogP contribution in [0.15, 0.2) is 159 Å². The van der Waals surface area contributed by atoms with Crippen molar-refractivity contribution in [2.45, 2.75) is 0 Å². The molecule has 9 aromatic rings. The van der Waals surface area contributed by atoms with Crippen molar-refractivity contribution in [2.75, 3.05) is 0 Å². The fraction of sp³-hybridized carbons (Fsp3) is 0.158. The first-order valence-electron chi connectivity index (χ1n) is 15.5. The molecule has 0 bridgehead atoms. The van der Waals surface area contributed by atoms with Gasteiger partial charge in [-0.3, -0.25) is 9.36 Å². The van der Waals surface area contributed by atoms with Gasteiger partial charge in [-0.15, -0.1) is 0 Å². The highest BCUT2D eigenvalue weighted by Crippen LogP contribution is 2.13. The van der Waals surface area contributed by atoms with Gasteiger partial charge >= 0.3 is 0 Å². The molecule has 246 valence electrons. The summed E-state index contributed by atoms with van der Waals surface area (Å²) in [6.07, 6.45) is 18.8. The molecule has 0 aliphatic heterocycles. The van der Waals surface area contributed by atoms with E-state index >= 15 is 0 Å². The Bertz CT molecular complexity index is 1900. The quantitative estimate of drug-likeness (QED) is 0.176. The molecule has 0 N–H and O–H groups in total. The predicted octanol–water partition coefficient (Wildman–Crippen LogP) is 7.19. The van der Waals surface area contributed by atoms with Crippen LogP contribution in [0.4, 0.5) is 0 Å². The molecule has 6 heterocycles. The van der Waals surface area contributed by atoms with Crippen LogP contribution < -0.4 is 0 Å². The molecule has 3 aromatic carbocycles. The number of para-hydroxylation sites is 4. The van der Waals surface area contributed by atoms with Gasteiger partial charge < -0.3 is 18.3 Å². The standard InChI is InChI=1S/C9H9N.2C8H8N2.C5H7N.2C4H6N2/c1-10-7-6-8-4-2-3-5-9(8)10;1-10-6-9-7-4-2-3-5-8(7)10;1-10-8-5-3-2-4-7(8)6-9-10;1-6-4-2-3-5-6;1-6-3-2-5-4-6;1-6-4-2-3-5-6/h2-7H,1H3;2*2-6H,1H3;2-5H,1H3;2*2-4H,1H3. The molecule has 48 heavy (non-hydrogen) atoms. The maximum atomic E-state index is 4.18. The number of benzene rings is 3. The lowest BCUT2D eigenvalue weighted by Gasteiger charge is -1.92. The first-order valence-corrected chi connectivity index (χ1v) is 15.5. The summed E-state index contributed by atoms with van der Waals surface area (Å²) in [6.45, 7) is 0. The highest BCUT2D eigenvalue weighted by molar-refractivity contribution is 5.80. The first-order chi connectivity index (χ1) is 23.3. The van der Waals surface area contributed by atoms with E-state index < -0.39 is 0 Å². The van der Waals surface area contributed by atoms with Gasteiger partial charge in [-0.2, -0.15) is 10.2 Å². The van der Waals surface area contributed by atoms with Crippen LogP contribution in [0.3, 0.4) is 0 Å². The highest BCUT2D eigenvalue weighted by Gasteiger charge is 1.95. The van der Waals surface area contributed by atoms with Crippen LogP contribution in [-0.4, -0.2) is 47.8 Å². The average molecular weight is 641 g/mol. The molecule has 10 heteroatoms. The third-order valence-corrected chi connectivity index (χ3v) is 7.11. The van der Waals surface area contributed by atoms with Crippen LogP contribution in [0.25, 0.3) is 32.8 Å². The molecular formula is C38H44N10. The number of nitrogens with zero attached hydrogens (tertiary/aromatic N) is 10. The zero-order valence-electron chi connectivity index (χ0n) is 28.5. The van der Waals surface area contributed by atoms with Crippen molar-refractivity contribution in [1.82, 2.24) is 47.8 Å². The van der Waals surface area contributed by atoms with Gasteiger partial charge in [0.2, 0.25) is 0 Å². The average Bonchev–Trinajstić information content (AvgIpc) is 3.98. The fourth-order valence-electron chi connectivity index (χ4n) is 4.50. The summed E-state index contributed by atoms with van der Waals surface area (Å²) >= 11 is 0. The van der Waals surface area contributed by atoms with E-state index in [4.69, 9.17) is 0 Å². The normalized spacial score (nSPS) is 9.88. The van der Waals surface area contributed by atoms with Gasteiger partial charge in [-0.1, -0.05) is 48.5 Å². The number of aromatic nitrogens is 10. The smallest absolute Gasteiger partial charge is 0.0955 e. The van der Waals surface area contributed by atoms with Gasteiger partial charge in [0.15, 0.2) is 0 Å². The summed E-state index contributed by atoms with van der Waals surface area (Å²) in [6, 6.07) is 32.6. The summed E-state index contributed by atoms with van der Waals surface area (Å²) in [5.41, 5.74) is 4.72. The van der Waals surface area contributed by atoms with Crippen LogP contribution in [-0.2, 0) is 42.3 Å². The second-order valence-corrected chi connectivity index (χ2v) is 10.9. The number of aryl methyl sites for hydroxylation is 6. The fourth-order valence-corrected chi connectivity index (χ4v) is 4.50. The van der Waals surface area contributed by atoms with Crippen molar-refractivity contribution >= 4 is 32.8 Å².